The first-order valence-electron chi connectivity index (χ1n) is 10.4. The molecule has 2 aliphatic rings. The van der Waals surface area contributed by atoms with E-state index in [2.05, 4.69) is 20.7 Å². The molecule has 2 aromatic carbocycles. The molecule has 8 nitrogen and oxygen atoms in total. The van der Waals surface area contributed by atoms with Crippen LogP contribution in [0.1, 0.15) is 31.3 Å². The van der Waals surface area contributed by atoms with Gasteiger partial charge in [0, 0.05) is 22.8 Å². The highest BCUT2D eigenvalue weighted by atomic mass is 35.5. The molecule has 1 unspecified atom stereocenters. The molecular weight excluding hydrogens is 430 g/mol. The average molecular weight is 452 g/mol. The van der Waals surface area contributed by atoms with Crippen LogP contribution in [0.5, 0.6) is 11.5 Å². The zero-order chi connectivity index (χ0) is 22.2. The van der Waals surface area contributed by atoms with Crippen molar-refractivity contribution in [3.05, 3.63) is 70.1 Å². The Kier molecular flexibility index (Phi) is 5.22. The molecule has 2 N–H and O–H groups in total. The summed E-state index contributed by atoms with van der Waals surface area (Å²) >= 11 is 6.10. The van der Waals surface area contributed by atoms with Gasteiger partial charge in [-0.15, -0.1) is 0 Å². The van der Waals surface area contributed by atoms with Crippen molar-refractivity contribution in [3.63, 3.8) is 0 Å². The van der Waals surface area contributed by atoms with Crippen LogP contribution in [0.15, 0.2) is 53.7 Å². The Labute approximate surface area is 190 Å². The summed E-state index contributed by atoms with van der Waals surface area (Å²) in [4.78, 5) is 18.1. The highest BCUT2D eigenvalue weighted by molar-refractivity contribution is 6.31. The summed E-state index contributed by atoms with van der Waals surface area (Å²) in [7, 11) is 0. The molecule has 0 aliphatic carbocycles. The number of anilines is 2. The van der Waals surface area contributed by atoms with Gasteiger partial charge in [-0.2, -0.15) is 10.1 Å². The van der Waals surface area contributed by atoms with Crippen molar-refractivity contribution in [1.29, 1.82) is 0 Å². The van der Waals surface area contributed by atoms with E-state index in [-0.39, 0.29) is 5.91 Å². The molecule has 1 atom stereocenters. The number of benzene rings is 2. The molecule has 32 heavy (non-hydrogen) atoms. The molecule has 1 aromatic heterocycles. The maximum Gasteiger partial charge on any atom is 0.255 e. The molecule has 1 amide bonds. The van der Waals surface area contributed by atoms with Gasteiger partial charge in [0.25, 0.3) is 5.91 Å². The first kappa shape index (κ1) is 20.4. The van der Waals surface area contributed by atoms with Crippen molar-refractivity contribution >= 4 is 29.1 Å². The predicted octanol–water partition coefficient (Wildman–Crippen LogP) is 4.19. The molecule has 3 aromatic rings. The first-order valence-corrected chi connectivity index (χ1v) is 10.8. The van der Waals surface area contributed by atoms with Crippen LogP contribution in [-0.2, 0) is 11.2 Å². The number of hydrogen-bond donors (Lipinski definition) is 2. The fourth-order valence-corrected chi connectivity index (χ4v) is 4.13. The average Bonchev–Trinajstić information content (AvgIpc) is 3.20. The lowest BCUT2D eigenvalue weighted by molar-refractivity contribution is -0.113. The van der Waals surface area contributed by atoms with Gasteiger partial charge in [-0.1, -0.05) is 30.7 Å². The van der Waals surface area contributed by atoms with E-state index in [1.54, 1.807) is 28.9 Å². The Morgan fingerprint density at radius 1 is 1.22 bits per heavy atom. The second kappa shape index (κ2) is 8.20. The molecule has 5 rings (SSSR count). The van der Waals surface area contributed by atoms with Crippen LogP contribution < -0.4 is 20.1 Å². The Morgan fingerprint density at radius 2 is 2.03 bits per heavy atom. The number of aryl methyl sites for hydroxylation is 1. The van der Waals surface area contributed by atoms with E-state index >= 15 is 0 Å². The number of rotatable bonds is 4. The topological polar surface area (TPSA) is 90.3 Å². The van der Waals surface area contributed by atoms with Gasteiger partial charge in [0.05, 0.1) is 5.57 Å². The maximum atomic E-state index is 13.5. The minimum Gasteiger partial charge on any atom is -0.486 e. The number of hydrogen-bond acceptors (Lipinski definition) is 6. The molecule has 3 heterocycles. The van der Waals surface area contributed by atoms with Gasteiger partial charge in [-0.3, -0.25) is 4.79 Å². The van der Waals surface area contributed by atoms with Crippen LogP contribution in [-0.4, -0.2) is 33.9 Å². The van der Waals surface area contributed by atoms with Gasteiger partial charge in [0.2, 0.25) is 5.95 Å². The standard InChI is InChI=1S/C23H22ClN5O3/c1-3-19-27-23-25-13(2)20(22(30)26-16-6-4-5-15(24)12-16)21(29(23)28-19)14-7-8-17-18(11-14)32-10-9-31-17/h4-8,11-12,21H,3,9-10H2,1-2H3,(H,26,30)(H,25,27,28). The molecular formula is C23H22ClN5O3. The van der Waals surface area contributed by atoms with Crippen molar-refractivity contribution < 1.29 is 14.3 Å². The van der Waals surface area contributed by atoms with Gasteiger partial charge in [0.1, 0.15) is 19.3 Å². The van der Waals surface area contributed by atoms with Gasteiger partial charge in [-0.25, -0.2) is 4.68 Å². The molecule has 164 valence electrons. The molecule has 9 heteroatoms. The third-order valence-corrected chi connectivity index (χ3v) is 5.66. The van der Waals surface area contributed by atoms with Crippen molar-refractivity contribution in [2.45, 2.75) is 26.3 Å². The molecule has 0 saturated heterocycles. The smallest absolute Gasteiger partial charge is 0.255 e. The van der Waals surface area contributed by atoms with Crippen LogP contribution in [0, 0.1) is 0 Å². The number of nitrogens with zero attached hydrogens (tertiary/aromatic N) is 3. The fourth-order valence-electron chi connectivity index (χ4n) is 3.94. The monoisotopic (exact) mass is 451 g/mol. The molecule has 0 spiro atoms. The fraction of sp³-hybridized carbons (Fsp3) is 0.261. The highest BCUT2D eigenvalue weighted by Gasteiger charge is 2.35. The third-order valence-electron chi connectivity index (χ3n) is 5.42. The third kappa shape index (κ3) is 3.67. The lowest BCUT2D eigenvalue weighted by atomic mass is 9.94. The maximum absolute atomic E-state index is 13.5. The van der Waals surface area contributed by atoms with Gasteiger partial charge in [-0.05, 0) is 42.8 Å². The van der Waals surface area contributed by atoms with Crippen molar-refractivity contribution in [2.24, 2.45) is 0 Å². The SMILES string of the molecule is CCc1nc2n(n1)C(c1ccc3c(c1)OCCO3)C(C(=O)Nc1cccc(Cl)c1)=C(C)N2. The number of halogens is 1. The van der Waals surface area contributed by atoms with E-state index in [4.69, 9.17) is 21.1 Å². The summed E-state index contributed by atoms with van der Waals surface area (Å²) in [6.45, 7) is 4.85. The van der Waals surface area contributed by atoms with Crippen molar-refractivity contribution in [1.82, 2.24) is 14.8 Å². The number of amides is 1. The summed E-state index contributed by atoms with van der Waals surface area (Å²) in [5.74, 6) is 2.37. The number of carbonyl (C=O) groups is 1. The number of ether oxygens (including phenoxy) is 2. The first-order chi connectivity index (χ1) is 15.5. The molecule has 0 saturated carbocycles. The van der Waals surface area contributed by atoms with E-state index in [0.29, 0.717) is 64.9 Å². The van der Waals surface area contributed by atoms with Crippen LogP contribution >= 0.6 is 11.6 Å². The van der Waals surface area contributed by atoms with E-state index < -0.39 is 6.04 Å². The second-order valence-electron chi connectivity index (χ2n) is 7.58. The van der Waals surface area contributed by atoms with E-state index in [0.717, 1.165) is 5.56 Å². The predicted molar refractivity (Wildman–Crippen MR) is 121 cm³/mol. The molecule has 0 fully saturated rings. The van der Waals surface area contributed by atoms with Gasteiger partial charge >= 0.3 is 0 Å². The Hall–Kier alpha value is -3.52. The van der Waals surface area contributed by atoms with E-state index in [9.17, 15) is 4.79 Å². The normalized spacial score (nSPS) is 16.9. The molecule has 0 bridgehead atoms. The number of nitrogens with one attached hydrogen (secondary N) is 2. The lowest BCUT2D eigenvalue weighted by Gasteiger charge is -2.29. The van der Waals surface area contributed by atoms with Crippen LogP contribution in [0.4, 0.5) is 11.6 Å². The van der Waals surface area contributed by atoms with Crippen LogP contribution in [0.2, 0.25) is 5.02 Å². The van der Waals surface area contributed by atoms with Crippen LogP contribution in [0.3, 0.4) is 0 Å². The number of fused-ring (bicyclic) bond motifs is 2. The molecule has 2 aliphatic heterocycles. The quantitative estimate of drug-likeness (QED) is 0.618. The largest absolute Gasteiger partial charge is 0.486 e. The zero-order valence-electron chi connectivity index (χ0n) is 17.7. The Balaban J connectivity index is 1.59. The molecule has 0 radical (unpaired) electrons. The number of allylic oxidation sites excluding steroid dienone is 1. The summed E-state index contributed by atoms with van der Waals surface area (Å²) in [6.07, 6.45) is 0.679. The Morgan fingerprint density at radius 3 is 2.81 bits per heavy atom. The van der Waals surface area contributed by atoms with E-state index in [1.807, 2.05) is 32.0 Å². The minimum absolute atomic E-state index is 0.253. The van der Waals surface area contributed by atoms with Crippen molar-refractivity contribution in [3.8, 4) is 11.5 Å². The minimum atomic E-state index is -0.492. The van der Waals surface area contributed by atoms with E-state index in [1.165, 1.54) is 0 Å². The summed E-state index contributed by atoms with van der Waals surface area (Å²) in [5.41, 5.74) is 2.69. The zero-order valence-corrected chi connectivity index (χ0v) is 18.4. The summed E-state index contributed by atoms with van der Waals surface area (Å²) in [6, 6.07) is 12.3. The number of carbonyl (C=O) groups excluding carboxylic acids is 1. The number of aromatic nitrogens is 3. The van der Waals surface area contributed by atoms with Crippen molar-refractivity contribution in [2.75, 3.05) is 23.8 Å². The Bertz CT molecular complexity index is 1240. The van der Waals surface area contributed by atoms with Gasteiger partial charge < -0.3 is 20.1 Å². The lowest BCUT2D eigenvalue weighted by Crippen LogP contribution is -2.31. The summed E-state index contributed by atoms with van der Waals surface area (Å²) in [5, 5.41) is 11.4. The summed E-state index contributed by atoms with van der Waals surface area (Å²) < 4.78 is 13.2. The van der Waals surface area contributed by atoms with Crippen LogP contribution in [0.25, 0.3) is 0 Å². The van der Waals surface area contributed by atoms with Gasteiger partial charge in [0.15, 0.2) is 17.3 Å². The second-order valence-corrected chi connectivity index (χ2v) is 8.02. The highest BCUT2D eigenvalue weighted by Crippen LogP contribution is 2.40.